The van der Waals surface area contributed by atoms with E-state index < -0.39 is 6.04 Å². The second kappa shape index (κ2) is 8.18. The predicted octanol–water partition coefficient (Wildman–Crippen LogP) is 2.95. The summed E-state index contributed by atoms with van der Waals surface area (Å²) in [7, 11) is 0. The Morgan fingerprint density at radius 2 is 1.88 bits per heavy atom. The lowest BCUT2D eigenvalue weighted by atomic mass is 10.0. The van der Waals surface area contributed by atoms with Crippen molar-refractivity contribution in [2.24, 2.45) is 11.8 Å². The number of nitrogens with one attached hydrogen (secondary N) is 2. The van der Waals surface area contributed by atoms with Crippen LogP contribution in [0.15, 0.2) is 24.3 Å². The van der Waals surface area contributed by atoms with Gasteiger partial charge in [0.1, 0.15) is 6.04 Å². The topological polar surface area (TPSA) is 61.4 Å². The van der Waals surface area contributed by atoms with Gasteiger partial charge in [0.25, 0.3) is 0 Å². The fraction of sp³-hybridized carbons (Fsp3) is 0.579. The Balaban J connectivity index is 2.00. The maximum absolute atomic E-state index is 13.0. The third-order valence-electron chi connectivity index (χ3n) is 4.38. The molecule has 0 aromatic heterocycles. The minimum Gasteiger partial charge on any atom is -0.338 e. The van der Waals surface area contributed by atoms with Gasteiger partial charge in [0, 0.05) is 18.8 Å². The van der Waals surface area contributed by atoms with Crippen LogP contribution in [-0.4, -0.2) is 31.1 Å². The molecule has 1 atom stereocenters. The number of anilines is 1. The molecule has 132 valence electrons. The summed E-state index contributed by atoms with van der Waals surface area (Å²) in [5.41, 5.74) is 2.16. The van der Waals surface area contributed by atoms with Crippen molar-refractivity contribution >= 4 is 17.6 Å². The Bertz CT molecular complexity index is 584. The predicted molar refractivity (Wildman–Crippen MR) is 97.1 cm³/mol. The normalized spacial score (nSPS) is 14.7. The molecule has 0 unspecified atom stereocenters. The Kier molecular flexibility index (Phi) is 6.23. The average molecular weight is 331 g/mol. The molecule has 24 heavy (non-hydrogen) atoms. The molecule has 0 spiro atoms. The summed E-state index contributed by atoms with van der Waals surface area (Å²) < 4.78 is 0. The molecule has 1 aliphatic rings. The van der Waals surface area contributed by atoms with E-state index in [1.165, 1.54) is 5.56 Å². The van der Waals surface area contributed by atoms with E-state index in [9.17, 15) is 9.59 Å². The highest BCUT2D eigenvalue weighted by Gasteiger charge is 2.32. The summed E-state index contributed by atoms with van der Waals surface area (Å²) in [6.45, 7) is 9.45. The van der Waals surface area contributed by atoms with Gasteiger partial charge in [0.15, 0.2) is 0 Å². The summed E-state index contributed by atoms with van der Waals surface area (Å²) >= 11 is 0. The largest absolute Gasteiger partial charge is 0.338 e. The molecule has 2 N–H and O–H groups in total. The van der Waals surface area contributed by atoms with Gasteiger partial charge in [-0.25, -0.2) is 4.79 Å². The van der Waals surface area contributed by atoms with Crippen LogP contribution in [0.4, 0.5) is 10.5 Å². The number of hydrogen-bond acceptors (Lipinski definition) is 2. The highest BCUT2D eigenvalue weighted by Crippen LogP contribution is 2.28. The molecule has 1 aromatic carbocycles. The fourth-order valence-electron chi connectivity index (χ4n) is 2.92. The van der Waals surface area contributed by atoms with Gasteiger partial charge in [-0.2, -0.15) is 0 Å². The van der Waals surface area contributed by atoms with Crippen molar-refractivity contribution in [1.82, 2.24) is 10.6 Å². The van der Waals surface area contributed by atoms with Crippen molar-refractivity contribution in [1.29, 1.82) is 0 Å². The third-order valence-corrected chi connectivity index (χ3v) is 4.38. The van der Waals surface area contributed by atoms with E-state index in [1.807, 2.05) is 32.0 Å². The standard InChI is InChI=1S/C19H29N3O2/c1-13(2)9-11-20-19(24)21-17(14(3)4)18(23)22-12-10-15-7-5-6-8-16(15)22/h5-8,13-14,17H,9-12H2,1-4H3,(H2,20,21,24)/t17-/m1/s1. The van der Waals surface area contributed by atoms with Crippen molar-refractivity contribution < 1.29 is 9.59 Å². The Hall–Kier alpha value is -2.04. The number of fused-ring (bicyclic) bond motifs is 1. The van der Waals surface area contributed by atoms with Crippen molar-refractivity contribution in [3.63, 3.8) is 0 Å². The zero-order valence-electron chi connectivity index (χ0n) is 15.1. The first kappa shape index (κ1) is 18.3. The minimum atomic E-state index is -0.518. The Labute approximate surface area is 144 Å². The van der Waals surface area contributed by atoms with E-state index >= 15 is 0 Å². The molecule has 0 aliphatic carbocycles. The molecular weight excluding hydrogens is 302 g/mol. The molecule has 2 rings (SSSR count). The number of para-hydroxylation sites is 1. The third kappa shape index (κ3) is 4.49. The zero-order valence-corrected chi connectivity index (χ0v) is 15.1. The van der Waals surface area contributed by atoms with E-state index in [1.54, 1.807) is 4.90 Å². The monoisotopic (exact) mass is 331 g/mol. The highest BCUT2D eigenvalue weighted by atomic mass is 16.2. The SMILES string of the molecule is CC(C)CCNC(=O)N[C@@H](C(=O)N1CCc2ccccc21)C(C)C. The Morgan fingerprint density at radius 3 is 2.54 bits per heavy atom. The molecule has 1 aliphatic heterocycles. The maximum Gasteiger partial charge on any atom is 0.315 e. The molecule has 1 heterocycles. The van der Waals surface area contributed by atoms with Crippen LogP contribution < -0.4 is 15.5 Å². The van der Waals surface area contributed by atoms with Crippen LogP contribution >= 0.6 is 0 Å². The van der Waals surface area contributed by atoms with Gasteiger partial charge in [-0.1, -0.05) is 45.9 Å². The van der Waals surface area contributed by atoms with E-state index in [2.05, 4.69) is 30.5 Å². The quantitative estimate of drug-likeness (QED) is 0.842. The second-order valence-corrected chi connectivity index (χ2v) is 7.17. The molecular formula is C19H29N3O2. The molecule has 5 heteroatoms. The number of carbonyl (C=O) groups is 2. The van der Waals surface area contributed by atoms with Gasteiger partial charge in [-0.05, 0) is 36.3 Å². The minimum absolute atomic E-state index is 0.0288. The highest BCUT2D eigenvalue weighted by molar-refractivity contribution is 6.00. The molecule has 0 saturated heterocycles. The number of nitrogens with zero attached hydrogens (tertiary/aromatic N) is 1. The number of rotatable bonds is 6. The van der Waals surface area contributed by atoms with E-state index in [0.29, 0.717) is 19.0 Å². The van der Waals surface area contributed by atoms with Crippen LogP contribution in [0.25, 0.3) is 0 Å². The molecule has 0 saturated carbocycles. The first-order valence-electron chi connectivity index (χ1n) is 8.83. The molecule has 0 fully saturated rings. The number of amides is 3. The van der Waals surface area contributed by atoms with Gasteiger partial charge in [0.2, 0.25) is 5.91 Å². The van der Waals surface area contributed by atoms with Crippen LogP contribution in [-0.2, 0) is 11.2 Å². The lowest BCUT2D eigenvalue weighted by Gasteiger charge is -2.27. The van der Waals surface area contributed by atoms with E-state index in [0.717, 1.165) is 18.5 Å². The molecule has 3 amide bonds. The molecule has 0 bridgehead atoms. The maximum atomic E-state index is 13.0. The number of benzene rings is 1. The van der Waals surface area contributed by atoms with Crippen LogP contribution in [0.1, 0.15) is 39.7 Å². The van der Waals surface area contributed by atoms with E-state index in [-0.39, 0.29) is 17.9 Å². The van der Waals surface area contributed by atoms with Crippen molar-refractivity contribution in [3.8, 4) is 0 Å². The lowest BCUT2D eigenvalue weighted by Crippen LogP contribution is -2.53. The summed E-state index contributed by atoms with van der Waals surface area (Å²) in [4.78, 5) is 26.9. The van der Waals surface area contributed by atoms with Gasteiger partial charge in [0.05, 0.1) is 0 Å². The van der Waals surface area contributed by atoms with Crippen molar-refractivity contribution in [2.45, 2.75) is 46.6 Å². The summed E-state index contributed by atoms with van der Waals surface area (Å²) in [5.74, 6) is 0.531. The zero-order chi connectivity index (χ0) is 17.7. The van der Waals surface area contributed by atoms with E-state index in [4.69, 9.17) is 0 Å². The molecule has 0 radical (unpaired) electrons. The smallest absolute Gasteiger partial charge is 0.315 e. The molecule has 1 aromatic rings. The fourth-order valence-corrected chi connectivity index (χ4v) is 2.92. The first-order valence-corrected chi connectivity index (χ1v) is 8.83. The van der Waals surface area contributed by atoms with Crippen LogP contribution in [0.2, 0.25) is 0 Å². The number of carbonyl (C=O) groups excluding carboxylic acids is 2. The Morgan fingerprint density at radius 1 is 1.17 bits per heavy atom. The summed E-state index contributed by atoms with van der Waals surface area (Å²) in [6, 6.07) is 7.18. The van der Waals surface area contributed by atoms with Gasteiger partial charge in [-0.15, -0.1) is 0 Å². The van der Waals surface area contributed by atoms with Crippen LogP contribution in [0.5, 0.6) is 0 Å². The second-order valence-electron chi connectivity index (χ2n) is 7.17. The van der Waals surface area contributed by atoms with Gasteiger partial charge < -0.3 is 15.5 Å². The lowest BCUT2D eigenvalue weighted by molar-refractivity contribution is -0.121. The summed E-state index contributed by atoms with van der Waals surface area (Å²) in [5, 5.41) is 5.70. The average Bonchev–Trinajstić information content (AvgIpc) is 2.95. The number of hydrogen-bond donors (Lipinski definition) is 2. The van der Waals surface area contributed by atoms with Crippen LogP contribution in [0, 0.1) is 11.8 Å². The summed E-state index contributed by atoms with van der Waals surface area (Å²) in [6.07, 6.45) is 1.79. The van der Waals surface area contributed by atoms with Crippen molar-refractivity contribution in [3.05, 3.63) is 29.8 Å². The van der Waals surface area contributed by atoms with Crippen molar-refractivity contribution in [2.75, 3.05) is 18.0 Å². The number of urea groups is 1. The first-order chi connectivity index (χ1) is 11.4. The van der Waals surface area contributed by atoms with Crippen LogP contribution in [0.3, 0.4) is 0 Å². The van der Waals surface area contributed by atoms with Gasteiger partial charge in [-0.3, -0.25) is 4.79 Å². The molecule has 5 nitrogen and oxygen atoms in total. The van der Waals surface area contributed by atoms with Gasteiger partial charge >= 0.3 is 6.03 Å².